The number of benzene rings is 6. The van der Waals surface area contributed by atoms with E-state index in [9.17, 15) is 5.26 Å². The Balaban J connectivity index is 1.38. The molecule has 0 N–H and O–H groups in total. The van der Waals surface area contributed by atoms with Crippen LogP contribution in [0.15, 0.2) is 127 Å². The predicted molar refractivity (Wildman–Crippen MR) is 173 cm³/mol. The van der Waals surface area contributed by atoms with Crippen molar-refractivity contribution in [2.45, 2.75) is 0 Å². The molecule has 0 radical (unpaired) electrons. The molecule has 0 bridgehead atoms. The molecule has 0 fully saturated rings. The molecular weight excluding hydrogens is 523 g/mol. The summed E-state index contributed by atoms with van der Waals surface area (Å²) in [6.07, 6.45) is 0. The molecule has 0 aliphatic carbocycles. The zero-order valence-electron chi connectivity index (χ0n) is 21.4. The van der Waals surface area contributed by atoms with Crippen LogP contribution in [0.25, 0.3) is 73.7 Å². The Morgan fingerprint density at radius 2 is 1.10 bits per heavy atom. The van der Waals surface area contributed by atoms with Crippen LogP contribution in [0.1, 0.15) is 5.56 Å². The molecule has 0 saturated heterocycles. The summed E-state index contributed by atoms with van der Waals surface area (Å²) in [6.45, 7) is 0. The van der Waals surface area contributed by atoms with Crippen molar-refractivity contribution in [1.82, 2.24) is 0 Å². The standard InChI is InChI=1S/C37H21NS2/c38-22-23-7-5-8-26(19-23)32-20-24(25-16-18-29-28-9-1-3-12-33(28)40-36(29)21-25)15-17-27(32)30-11-6-14-35-37(30)31-10-2-4-13-34(31)39-35/h1-21H. The average Bonchev–Trinajstić information content (AvgIpc) is 3.59. The summed E-state index contributed by atoms with van der Waals surface area (Å²) in [4.78, 5) is 0. The molecule has 6 aromatic carbocycles. The van der Waals surface area contributed by atoms with Gasteiger partial charge in [-0.15, -0.1) is 22.7 Å². The van der Waals surface area contributed by atoms with Crippen LogP contribution < -0.4 is 0 Å². The third kappa shape index (κ3) is 3.66. The van der Waals surface area contributed by atoms with Crippen LogP contribution in [0.2, 0.25) is 0 Å². The van der Waals surface area contributed by atoms with E-state index in [4.69, 9.17) is 0 Å². The maximum atomic E-state index is 9.67. The fourth-order valence-corrected chi connectivity index (χ4v) is 8.14. The second-order valence-corrected chi connectivity index (χ2v) is 12.2. The van der Waals surface area contributed by atoms with Crippen LogP contribution in [-0.4, -0.2) is 0 Å². The maximum Gasteiger partial charge on any atom is 0.0991 e. The predicted octanol–water partition coefficient (Wildman–Crippen LogP) is 11.3. The van der Waals surface area contributed by atoms with Crippen molar-refractivity contribution in [3.05, 3.63) is 133 Å². The molecule has 0 unspecified atom stereocenters. The van der Waals surface area contributed by atoms with Crippen LogP contribution >= 0.6 is 22.7 Å². The number of nitriles is 1. The van der Waals surface area contributed by atoms with Gasteiger partial charge in [-0.05, 0) is 75.8 Å². The van der Waals surface area contributed by atoms with E-state index in [2.05, 4.69) is 115 Å². The molecule has 0 aliphatic rings. The quantitative estimate of drug-likeness (QED) is 0.217. The lowest BCUT2D eigenvalue weighted by Gasteiger charge is -2.15. The van der Waals surface area contributed by atoms with Crippen molar-refractivity contribution in [3.8, 4) is 39.4 Å². The van der Waals surface area contributed by atoms with Gasteiger partial charge in [0, 0.05) is 40.3 Å². The van der Waals surface area contributed by atoms with Gasteiger partial charge < -0.3 is 0 Å². The highest BCUT2D eigenvalue weighted by atomic mass is 32.1. The largest absolute Gasteiger partial charge is 0.192 e. The topological polar surface area (TPSA) is 23.8 Å². The molecule has 0 amide bonds. The fourth-order valence-electron chi connectivity index (χ4n) is 5.86. The highest BCUT2D eigenvalue weighted by molar-refractivity contribution is 7.26. The first-order valence-electron chi connectivity index (χ1n) is 13.2. The Kier molecular flexibility index (Phi) is 5.31. The molecule has 186 valence electrons. The minimum atomic E-state index is 0.666. The third-order valence-electron chi connectivity index (χ3n) is 7.73. The molecule has 0 spiro atoms. The molecule has 8 aromatic rings. The molecule has 0 atom stereocenters. The zero-order valence-corrected chi connectivity index (χ0v) is 23.0. The lowest BCUT2D eigenvalue weighted by Crippen LogP contribution is -1.89. The molecule has 40 heavy (non-hydrogen) atoms. The molecule has 2 aromatic heterocycles. The van der Waals surface area contributed by atoms with E-state index < -0.39 is 0 Å². The third-order valence-corrected chi connectivity index (χ3v) is 10.00. The van der Waals surface area contributed by atoms with E-state index in [1.807, 2.05) is 40.9 Å². The Morgan fingerprint density at radius 1 is 0.425 bits per heavy atom. The number of nitrogens with zero attached hydrogens (tertiary/aromatic N) is 1. The molecule has 2 heterocycles. The minimum Gasteiger partial charge on any atom is -0.192 e. The number of rotatable bonds is 3. The summed E-state index contributed by atoms with van der Waals surface area (Å²) in [7, 11) is 0. The average molecular weight is 544 g/mol. The first kappa shape index (κ1) is 23.2. The Hall–Kier alpha value is -4.75. The first-order valence-corrected chi connectivity index (χ1v) is 14.9. The van der Waals surface area contributed by atoms with E-state index in [1.165, 1.54) is 62.6 Å². The lowest BCUT2D eigenvalue weighted by molar-refractivity contribution is 1.48. The maximum absolute atomic E-state index is 9.67. The summed E-state index contributed by atoms with van der Waals surface area (Å²) < 4.78 is 5.20. The Bertz CT molecular complexity index is 2290. The molecule has 0 aliphatic heterocycles. The molecule has 1 nitrogen and oxygen atoms in total. The van der Waals surface area contributed by atoms with Crippen LogP contribution in [0.4, 0.5) is 0 Å². The van der Waals surface area contributed by atoms with E-state index in [0.29, 0.717) is 5.56 Å². The van der Waals surface area contributed by atoms with Crippen LogP contribution in [0.5, 0.6) is 0 Å². The zero-order chi connectivity index (χ0) is 26.6. The van der Waals surface area contributed by atoms with Crippen molar-refractivity contribution >= 4 is 63.0 Å². The van der Waals surface area contributed by atoms with Gasteiger partial charge in [0.15, 0.2) is 0 Å². The minimum absolute atomic E-state index is 0.666. The SMILES string of the molecule is N#Cc1cccc(-c2cc(-c3ccc4c(c3)sc3ccccc34)ccc2-c2cccc3sc4ccccc4c23)c1. The monoisotopic (exact) mass is 543 g/mol. The second-order valence-electron chi connectivity index (χ2n) is 10.0. The van der Waals surface area contributed by atoms with Crippen LogP contribution in [0.3, 0.4) is 0 Å². The van der Waals surface area contributed by atoms with Gasteiger partial charge in [0.2, 0.25) is 0 Å². The van der Waals surface area contributed by atoms with Gasteiger partial charge in [0.25, 0.3) is 0 Å². The van der Waals surface area contributed by atoms with Gasteiger partial charge in [0.05, 0.1) is 11.6 Å². The van der Waals surface area contributed by atoms with E-state index in [-0.39, 0.29) is 0 Å². The smallest absolute Gasteiger partial charge is 0.0991 e. The summed E-state index contributed by atoms with van der Waals surface area (Å²) in [5.41, 5.74) is 7.61. The molecular formula is C37H21NS2. The fraction of sp³-hybridized carbons (Fsp3) is 0. The van der Waals surface area contributed by atoms with Gasteiger partial charge in [-0.3, -0.25) is 0 Å². The van der Waals surface area contributed by atoms with Crippen molar-refractivity contribution in [2.24, 2.45) is 0 Å². The summed E-state index contributed by atoms with van der Waals surface area (Å²) >= 11 is 3.68. The molecule has 0 saturated carbocycles. The summed E-state index contributed by atoms with van der Waals surface area (Å²) in [5.74, 6) is 0. The highest BCUT2D eigenvalue weighted by Crippen LogP contribution is 2.44. The van der Waals surface area contributed by atoms with Gasteiger partial charge in [-0.25, -0.2) is 0 Å². The first-order chi connectivity index (χ1) is 19.8. The number of hydrogen-bond acceptors (Lipinski definition) is 3. The molecule has 8 rings (SSSR count). The normalized spacial score (nSPS) is 11.5. The van der Waals surface area contributed by atoms with E-state index in [1.54, 1.807) is 0 Å². The second kappa shape index (κ2) is 9.17. The summed E-state index contributed by atoms with van der Waals surface area (Å²) in [5, 5.41) is 14.9. The van der Waals surface area contributed by atoms with Crippen molar-refractivity contribution in [3.63, 3.8) is 0 Å². The summed E-state index contributed by atoms with van der Waals surface area (Å²) in [6, 6.07) is 47.8. The van der Waals surface area contributed by atoms with Crippen molar-refractivity contribution < 1.29 is 0 Å². The van der Waals surface area contributed by atoms with Gasteiger partial charge in [-0.2, -0.15) is 5.26 Å². The highest BCUT2D eigenvalue weighted by Gasteiger charge is 2.16. The Labute approximate surface area is 239 Å². The lowest BCUT2D eigenvalue weighted by atomic mass is 9.89. The van der Waals surface area contributed by atoms with Crippen LogP contribution in [0, 0.1) is 11.3 Å². The van der Waals surface area contributed by atoms with Gasteiger partial charge in [-0.1, -0.05) is 84.9 Å². The number of fused-ring (bicyclic) bond motifs is 6. The van der Waals surface area contributed by atoms with E-state index >= 15 is 0 Å². The molecule has 3 heteroatoms. The Morgan fingerprint density at radius 3 is 1.98 bits per heavy atom. The number of hydrogen-bond donors (Lipinski definition) is 0. The van der Waals surface area contributed by atoms with Gasteiger partial charge in [0.1, 0.15) is 0 Å². The van der Waals surface area contributed by atoms with E-state index in [0.717, 1.165) is 11.1 Å². The van der Waals surface area contributed by atoms with Crippen molar-refractivity contribution in [2.75, 3.05) is 0 Å². The van der Waals surface area contributed by atoms with Crippen molar-refractivity contribution in [1.29, 1.82) is 5.26 Å². The van der Waals surface area contributed by atoms with Crippen LogP contribution in [-0.2, 0) is 0 Å². The van der Waals surface area contributed by atoms with Gasteiger partial charge >= 0.3 is 0 Å². The number of thiophene rings is 2.